The van der Waals surface area contributed by atoms with Gasteiger partial charge in [-0.15, -0.1) is 0 Å². The molecule has 1 N–H and O–H groups in total. The Morgan fingerprint density at radius 2 is 1.64 bits per heavy atom. The Morgan fingerprint density at radius 3 is 2.18 bits per heavy atom. The molecule has 0 saturated carbocycles. The smallest absolute Gasteiger partial charge is 0.251 e. The Morgan fingerprint density at radius 1 is 1.03 bits per heavy atom. The third kappa shape index (κ3) is 5.59. The van der Waals surface area contributed by atoms with Crippen LogP contribution >= 0.6 is 0 Å². The lowest BCUT2D eigenvalue weighted by atomic mass is 9.97. The van der Waals surface area contributed by atoms with Crippen molar-refractivity contribution in [3.8, 4) is 6.07 Å². The summed E-state index contributed by atoms with van der Waals surface area (Å²) in [6, 6.07) is 15.8. The first-order valence-corrected chi connectivity index (χ1v) is 12.4. The van der Waals surface area contributed by atoms with E-state index in [4.69, 9.17) is 5.26 Å². The van der Waals surface area contributed by atoms with Gasteiger partial charge in [0.05, 0.1) is 16.5 Å². The maximum absolute atomic E-state index is 13.3. The van der Waals surface area contributed by atoms with Crippen LogP contribution in [0.5, 0.6) is 0 Å². The largest absolute Gasteiger partial charge is 0.340 e. The van der Waals surface area contributed by atoms with Gasteiger partial charge in [-0.3, -0.25) is 9.59 Å². The topological polar surface area (TPSA) is 111 Å². The standard InChI is InChI=1S/C24H28N4O4S/c1-3-18(2)22(26-23(29)20-7-5-4-6-8-20)24(30)27-13-15-28(16-14-27)33(31,32)21-11-9-19(17-25)10-12-21/h4-12,18,22H,3,13-16H2,1-2H3,(H,26,29)/t18-,22-/m0/s1. The molecule has 1 aliphatic heterocycles. The lowest BCUT2D eigenvalue weighted by molar-refractivity contribution is -0.135. The lowest BCUT2D eigenvalue weighted by Crippen LogP contribution is -2.57. The fourth-order valence-corrected chi connectivity index (χ4v) is 5.12. The Balaban J connectivity index is 1.67. The number of hydrogen-bond donors (Lipinski definition) is 1. The highest BCUT2D eigenvalue weighted by Gasteiger charge is 2.35. The zero-order chi connectivity index (χ0) is 24.0. The van der Waals surface area contributed by atoms with E-state index in [0.29, 0.717) is 17.5 Å². The first-order valence-electron chi connectivity index (χ1n) is 10.9. The van der Waals surface area contributed by atoms with Crippen LogP contribution in [-0.4, -0.2) is 61.7 Å². The number of benzene rings is 2. The first kappa shape index (κ1) is 24.4. The number of amides is 2. The summed E-state index contributed by atoms with van der Waals surface area (Å²) in [5, 5.41) is 11.8. The molecule has 174 valence electrons. The Bertz CT molecular complexity index is 1120. The van der Waals surface area contributed by atoms with Gasteiger partial charge in [0.15, 0.2) is 0 Å². The molecule has 33 heavy (non-hydrogen) atoms. The number of sulfonamides is 1. The van der Waals surface area contributed by atoms with Crippen LogP contribution in [0.25, 0.3) is 0 Å². The predicted molar refractivity (Wildman–Crippen MR) is 124 cm³/mol. The van der Waals surface area contributed by atoms with Crippen LogP contribution in [0.3, 0.4) is 0 Å². The van der Waals surface area contributed by atoms with Gasteiger partial charge in [0.1, 0.15) is 6.04 Å². The van der Waals surface area contributed by atoms with Gasteiger partial charge in [0.25, 0.3) is 5.91 Å². The molecule has 1 aliphatic rings. The van der Waals surface area contributed by atoms with E-state index in [1.54, 1.807) is 29.2 Å². The monoisotopic (exact) mass is 468 g/mol. The van der Waals surface area contributed by atoms with E-state index >= 15 is 0 Å². The van der Waals surface area contributed by atoms with Crippen LogP contribution in [0.2, 0.25) is 0 Å². The summed E-state index contributed by atoms with van der Waals surface area (Å²) in [5.41, 5.74) is 0.870. The van der Waals surface area contributed by atoms with Crippen LogP contribution in [-0.2, 0) is 14.8 Å². The SMILES string of the molecule is CC[C@H](C)[C@H](NC(=O)c1ccccc1)C(=O)N1CCN(S(=O)(=O)c2ccc(C#N)cc2)CC1. The number of rotatable bonds is 7. The van der Waals surface area contributed by atoms with Crippen LogP contribution in [0.4, 0.5) is 0 Å². The number of piperazine rings is 1. The first-order chi connectivity index (χ1) is 15.8. The zero-order valence-electron chi connectivity index (χ0n) is 18.8. The molecule has 1 fully saturated rings. The average molecular weight is 469 g/mol. The molecule has 0 bridgehead atoms. The van der Waals surface area contributed by atoms with Crippen molar-refractivity contribution < 1.29 is 18.0 Å². The minimum absolute atomic E-state index is 0.0782. The summed E-state index contributed by atoms with van der Waals surface area (Å²) in [6.45, 7) is 4.67. The van der Waals surface area contributed by atoms with E-state index in [0.717, 1.165) is 0 Å². The number of nitrogens with one attached hydrogen (secondary N) is 1. The van der Waals surface area contributed by atoms with E-state index in [2.05, 4.69) is 5.32 Å². The number of carbonyl (C=O) groups is 2. The van der Waals surface area contributed by atoms with E-state index in [9.17, 15) is 18.0 Å². The van der Waals surface area contributed by atoms with E-state index in [1.165, 1.54) is 28.6 Å². The van der Waals surface area contributed by atoms with Crippen molar-refractivity contribution in [2.75, 3.05) is 26.2 Å². The van der Waals surface area contributed by atoms with Crippen LogP contribution in [0.15, 0.2) is 59.5 Å². The van der Waals surface area contributed by atoms with E-state index < -0.39 is 16.1 Å². The molecule has 0 aromatic heterocycles. The molecule has 0 aliphatic carbocycles. The molecule has 2 atom stereocenters. The van der Waals surface area contributed by atoms with Crippen molar-refractivity contribution >= 4 is 21.8 Å². The predicted octanol–water partition coefficient (Wildman–Crippen LogP) is 2.24. The fraction of sp³-hybridized carbons (Fsp3) is 0.375. The van der Waals surface area contributed by atoms with Crippen molar-refractivity contribution in [3.05, 3.63) is 65.7 Å². The third-order valence-corrected chi connectivity index (χ3v) is 7.89. The summed E-state index contributed by atoms with van der Waals surface area (Å²) < 4.78 is 27.2. The molecule has 3 rings (SSSR count). The van der Waals surface area contributed by atoms with Crippen molar-refractivity contribution in [1.82, 2.24) is 14.5 Å². The molecular weight excluding hydrogens is 440 g/mol. The van der Waals surface area contributed by atoms with Crippen molar-refractivity contribution in [1.29, 1.82) is 5.26 Å². The molecule has 1 heterocycles. The normalized spacial score (nSPS) is 16.5. The molecule has 2 amide bonds. The molecule has 2 aromatic carbocycles. The van der Waals surface area contributed by atoms with E-state index in [-0.39, 0.29) is 48.8 Å². The molecule has 2 aromatic rings. The Labute approximate surface area is 194 Å². The quantitative estimate of drug-likeness (QED) is 0.670. The van der Waals surface area contributed by atoms with Crippen molar-refractivity contribution in [2.45, 2.75) is 31.2 Å². The second kappa shape index (κ2) is 10.6. The summed E-state index contributed by atoms with van der Waals surface area (Å²) in [7, 11) is -3.72. The van der Waals surface area contributed by atoms with Gasteiger partial charge >= 0.3 is 0 Å². The fourth-order valence-electron chi connectivity index (χ4n) is 3.69. The number of nitrogens with zero attached hydrogens (tertiary/aromatic N) is 3. The summed E-state index contributed by atoms with van der Waals surface area (Å²) >= 11 is 0. The summed E-state index contributed by atoms with van der Waals surface area (Å²) in [6.07, 6.45) is 0.707. The molecule has 0 unspecified atom stereocenters. The number of nitriles is 1. The zero-order valence-corrected chi connectivity index (χ0v) is 19.6. The van der Waals surface area contributed by atoms with Gasteiger partial charge in [-0.25, -0.2) is 8.42 Å². The Kier molecular flexibility index (Phi) is 7.84. The van der Waals surface area contributed by atoms with Gasteiger partial charge < -0.3 is 10.2 Å². The highest BCUT2D eigenvalue weighted by atomic mass is 32.2. The van der Waals surface area contributed by atoms with E-state index in [1.807, 2.05) is 26.0 Å². The van der Waals surface area contributed by atoms with Gasteiger partial charge in [-0.1, -0.05) is 38.5 Å². The highest BCUT2D eigenvalue weighted by molar-refractivity contribution is 7.89. The third-order valence-electron chi connectivity index (χ3n) is 5.97. The maximum atomic E-state index is 13.3. The van der Waals surface area contributed by atoms with Crippen molar-refractivity contribution in [2.24, 2.45) is 5.92 Å². The summed E-state index contributed by atoms with van der Waals surface area (Å²) in [4.78, 5) is 27.7. The average Bonchev–Trinajstić information content (AvgIpc) is 2.86. The lowest BCUT2D eigenvalue weighted by Gasteiger charge is -2.37. The summed E-state index contributed by atoms with van der Waals surface area (Å²) in [5.74, 6) is -0.592. The minimum atomic E-state index is -3.72. The van der Waals surface area contributed by atoms with Gasteiger partial charge in [-0.05, 0) is 42.3 Å². The van der Waals surface area contributed by atoms with Gasteiger partial charge in [0, 0.05) is 31.7 Å². The molecule has 1 saturated heterocycles. The van der Waals surface area contributed by atoms with Crippen LogP contribution in [0.1, 0.15) is 36.2 Å². The maximum Gasteiger partial charge on any atom is 0.251 e. The molecule has 9 heteroatoms. The molecule has 0 radical (unpaired) electrons. The van der Waals surface area contributed by atoms with Crippen LogP contribution in [0, 0.1) is 17.2 Å². The van der Waals surface area contributed by atoms with Crippen LogP contribution < -0.4 is 5.32 Å². The van der Waals surface area contributed by atoms with Gasteiger partial charge in [0.2, 0.25) is 15.9 Å². The molecule has 8 nitrogen and oxygen atoms in total. The number of hydrogen-bond acceptors (Lipinski definition) is 5. The second-order valence-corrected chi connectivity index (χ2v) is 10.0. The number of carbonyl (C=O) groups excluding carboxylic acids is 2. The molecular formula is C24H28N4O4S. The highest BCUT2D eigenvalue weighted by Crippen LogP contribution is 2.20. The minimum Gasteiger partial charge on any atom is -0.340 e. The molecule has 0 spiro atoms. The second-order valence-electron chi connectivity index (χ2n) is 8.07. The Hall–Kier alpha value is -3.22. The van der Waals surface area contributed by atoms with Crippen molar-refractivity contribution in [3.63, 3.8) is 0 Å². The van der Waals surface area contributed by atoms with Gasteiger partial charge in [-0.2, -0.15) is 9.57 Å².